The molecule has 2 rings (SSSR count). The Labute approximate surface area is 126 Å². The van der Waals surface area contributed by atoms with Gasteiger partial charge in [0.15, 0.2) is 5.78 Å². The number of benzene rings is 2. The first-order valence-electron chi connectivity index (χ1n) is 5.78. The van der Waals surface area contributed by atoms with E-state index in [9.17, 15) is 9.18 Å². The Bertz CT molecular complexity index is 684. The Hall–Kier alpha value is -1.58. The molecule has 2 aromatic rings. The van der Waals surface area contributed by atoms with Gasteiger partial charge in [0.2, 0.25) is 0 Å². The lowest BCUT2D eigenvalue weighted by molar-refractivity contribution is 0.103. The average Bonchev–Trinajstić information content (AvgIpc) is 2.42. The van der Waals surface area contributed by atoms with Crippen LogP contribution >= 0.6 is 23.2 Å². The van der Waals surface area contributed by atoms with E-state index in [-0.39, 0.29) is 21.9 Å². The van der Waals surface area contributed by atoms with Crippen molar-refractivity contribution in [1.29, 1.82) is 0 Å². The molecule has 0 saturated carbocycles. The summed E-state index contributed by atoms with van der Waals surface area (Å²) in [6.07, 6.45) is 0. The van der Waals surface area contributed by atoms with E-state index in [4.69, 9.17) is 27.9 Å². The topological polar surface area (TPSA) is 26.3 Å². The summed E-state index contributed by atoms with van der Waals surface area (Å²) in [7, 11) is 1.46. The monoisotopic (exact) mass is 312 g/mol. The van der Waals surface area contributed by atoms with Gasteiger partial charge in [0.25, 0.3) is 0 Å². The van der Waals surface area contributed by atoms with E-state index < -0.39 is 5.82 Å². The lowest BCUT2D eigenvalue weighted by Crippen LogP contribution is -2.06. The zero-order valence-electron chi connectivity index (χ0n) is 10.8. The molecule has 0 fully saturated rings. The van der Waals surface area contributed by atoms with Crippen molar-refractivity contribution in [3.8, 4) is 5.75 Å². The Kier molecular flexibility index (Phi) is 4.31. The zero-order chi connectivity index (χ0) is 14.9. The quantitative estimate of drug-likeness (QED) is 0.769. The maximum absolute atomic E-state index is 13.4. The van der Waals surface area contributed by atoms with Crippen LogP contribution in [0.5, 0.6) is 5.75 Å². The molecule has 0 saturated heterocycles. The number of hydrogen-bond acceptors (Lipinski definition) is 2. The lowest BCUT2D eigenvalue weighted by Gasteiger charge is -2.10. The van der Waals surface area contributed by atoms with Gasteiger partial charge in [0, 0.05) is 10.6 Å². The molecule has 0 aliphatic heterocycles. The summed E-state index contributed by atoms with van der Waals surface area (Å²) in [4.78, 5) is 12.5. The van der Waals surface area contributed by atoms with Crippen LogP contribution in [0, 0.1) is 12.7 Å². The van der Waals surface area contributed by atoms with Gasteiger partial charge in [0.1, 0.15) is 11.6 Å². The Morgan fingerprint density at radius 3 is 2.50 bits per heavy atom. The van der Waals surface area contributed by atoms with Crippen molar-refractivity contribution < 1.29 is 13.9 Å². The van der Waals surface area contributed by atoms with Crippen molar-refractivity contribution in [2.75, 3.05) is 7.11 Å². The fraction of sp³-hybridized carbons (Fsp3) is 0.133. The molecule has 0 bridgehead atoms. The van der Waals surface area contributed by atoms with Gasteiger partial charge in [-0.15, -0.1) is 0 Å². The summed E-state index contributed by atoms with van der Waals surface area (Å²) in [5.74, 6) is -0.431. The predicted octanol–water partition coefficient (Wildman–Crippen LogP) is 4.68. The van der Waals surface area contributed by atoms with Crippen molar-refractivity contribution in [2.24, 2.45) is 0 Å². The van der Waals surface area contributed by atoms with Gasteiger partial charge in [-0.1, -0.05) is 23.2 Å². The second-order valence-electron chi connectivity index (χ2n) is 4.25. The Morgan fingerprint density at radius 2 is 1.85 bits per heavy atom. The molecule has 0 aromatic heterocycles. The van der Waals surface area contributed by atoms with E-state index in [1.165, 1.54) is 19.2 Å². The van der Waals surface area contributed by atoms with E-state index in [1.54, 1.807) is 19.1 Å². The highest BCUT2D eigenvalue weighted by molar-refractivity contribution is 6.35. The van der Waals surface area contributed by atoms with E-state index >= 15 is 0 Å². The number of ketones is 1. The van der Waals surface area contributed by atoms with Crippen molar-refractivity contribution in [2.45, 2.75) is 6.92 Å². The molecule has 0 aliphatic rings. The van der Waals surface area contributed by atoms with Gasteiger partial charge in [-0.3, -0.25) is 4.79 Å². The van der Waals surface area contributed by atoms with E-state index in [2.05, 4.69) is 0 Å². The van der Waals surface area contributed by atoms with Crippen LogP contribution in [0.15, 0.2) is 30.3 Å². The van der Waals surface area contributed by atoms with Crippen LogP contribution in [0.4, 0.5) is 4.39 Å². The molecule has 20 heavy (non-hydrogen) atoms. The number of rotatable bonds is 3. The fourth-order valence-corrected chi connectivity index (χ4v) is 2.24. The number of carbonyl (C=O) groups excluding carboxylic acids is 1. The number of halogens is 3. The van der Waals surface area contributed by atoms with Crippen molar-refractivity contribution in [3.63, 3.8) is 0 Å². The van der Waals surface area contributed by atoms with Crippen LogP contribution in [0.25, 0.3) is 0 Å². The highest BCUT2D eigenvalue weighted by Crippen LogP contribution is 2.29. The predicted molar refractivity (Wildman–Crippen MR) is 77.6 cm³/mol. The zero-order valence-corrected chi connectivity index (χ0v) is 12.3. The van der Waals surface area contributed by atoms with Gasteiger partial charge in [-0.25, -0.2) is 4.39 Å². The summed E-state index contributed by atoms with van der Waals surface area (Å²) in [6, 6.07) is 7.26. The first kappa shape index (κ1) is 14.8. The second kappa shape index (κ2) is 5.81. The molecule has 0 unspecified atom stereocenters. The first-order chi connectivity index (χ1) is 9.43. The van der Waals surface area contributed by atoms with Crippen LogP contribution in [0.1, 0.15) is 21.5 Å². The summed E-state index contributed by atoms with van der Waals surface area (Å²) in [5, 5.41) is 0.462. The highest BCUT2D eigenvalue weighted by atomic mass is 35.5. The van der Waals surface area contributed by atoms with E-state index in [1.807, 2.05) is 0 Å². The molecule has 0 radical (unpaired) electrons. The van der Waals surface area contributed by atoms with Gasteiger partial charge >= 0.3 is 0 Å². The van der Waals surface area contributed by atoms with E-state index in [0.717, 1.165) is 6.07 Å². The maximum atomic E-state index is 13.4. The van der Waals surface area contributed by atoms with Gasteiger partial charge in [0.05, 0.1) is 17.7 Å². The fourth-order valence-electron chi connectivity index (χ4n) is 1.83. The molecule has 0 aliphatic carbocycles. The van der Waals surface area contributed by atoms with Crippen LogP contribution in [-0.2, 0) is 0 Å². The molecule has 5 heteroatoms. The number of hydrogen-bond donors (Lipinski definition) is 0. The lowest BCUT2D eigenvalue weighted by atomic mass is 10.0. The van der Waals surface area contributed by atoms with Gasteiger partial charge in [-0.05, 0) is 42.8 Å². The van der Waals surface area contributed by atoms with Crippen LogP contribution < -0.4 is 4.74 Å². The second-order valence-corrected chi connectivity index (χ2v) is 5.10. The molecule has 2 nitrogen and oxygen atoms in total. The number of aryl methyl sites for hydroxylation is 1. The highest BCUT2D eigenvalue weighted by Gasteiger charge is 2.19. The maximum Gasteiger partial charge on any atom is 0.198 e. The van der Waals surface area contributed by atoms with Crippen molar-refractivity contribution in [1.82, 2.24) is 0 Å². The molecule has 2 aromatic carbocycles. The smallest absolute Gasteiger partial charge is 0.198 e. The third kappa shape index (κ3) is 2.79. The molecular weight excluding hydrogens is 302 g/mol. The first-order valence-corrected chi connectivity index (χ1v) is 6.53. The standard InChI is InChI=1S/C15H11Cl2FO2/c1-8-5-10(12(17)7-13(8)18)15(19)11-6-9(16)3-4-14(11)20-2/h3-7H,1-2H3. The third-order valence-corrected chi connectivity index (χ3v) is 3.45. The van der Waals surface area contributed by atoms with Crippen LogP contribution in [0.3, 0.4) is 0 Å². The SMILES string of the molecule is COc1ccc(Cl)cc1C(=O)c1cc(C)c(F)cc1Cl. The number of carbonyl (C=O) groups is 1. The Balaban J connectivity index is 2.57. The normalized spacial score (nSPS) is 10.4. The number of ether oxygens (including phenoxy) is 1. The third-order valence-electron chi connectivity index (χ3n) is 2.90. The van der Waals surface area contributed by atoms with Gasteiger partial charge < -0.3 is 4.74 Å². The summed E-state index contributed by atoms with van der Waals surface area (Å²) in [5.41, 5.74) is 0.845. The Morgan fingerprint density at radius 1 is 1.15 bits per heavy atom. The minimum absolute atomic E-state index is 0.0557. The van der Waals surface area contributed by atoms with Crippen molar-refractivity contribution in [3.05, 3.63) is 62.9 Å². The molecule has 0 spiro atoms. The van der Waals surface area contributed by atoms with E-state index in [0.29, 0.717) is 16.3 Å². The van der Waals surface area contributed by atoms with Crippen LogP contribution in [0.2, 0.25) is 10.0 Å². The molecule has 0 amide bonds. The molecule has 0 N–H and O–H groups in total. The molecule has 0 heterocycles. The average molecular weight is 313 g/mol. The van der Waals surface area contributed by atoms with Gasteiger partial charge in [-0.2, -0.15) is 0 Å². The summed E-state index contributed by atoms with van der Waals surface area (Å²) in [6.45, 7) is 1.57. The minimum atomic E-state index is -0.454. The molecule has 104 valence electrons. The minimum Gasteiger partial charge on any atom is -0.496 e. The molecule has 0 atom stereocenters. The van der Waals surface area contributed by atoms with Crippen molar-refractivity contribution >= 4 is 29.0 Å². The largest absolute Gasteiger partial charge is 0.496 e. The summed E-state index contributed by atoms with van der Waals surface area (Å²) >= 11 is 11.8. The molecular formula is C15H11Cl2FO2. The van der Waals surface area contributed by atoms with Crippen LogP contribution in [-0.4, -0.2) is 12.9 Å². The number of methoxy groups -OCH3 is 1. The summed E-state index contributed by atoms with van der Waals surface area (Å²) < 4.78 is 18.5.